The number of nitrogens with zero attached hydrogens (tertiary/aromatic N) is 5. The van der Waals surface area contributed by atoms with Crippen LogP contribution in [0.1, 0.15) is 35.9 Å². The molecule has 0 N–H and O–H groups in total. The number of pyridine rings is 1. The Morgan fingerprint density at radius 2 is 2.08 bits per heavy atom. The van der Waals surface area contributed by atoms with E-state index in [9.17, 15) is 0 Å². The third-order valence-corrected chi connectivity index (χ3v) is 4.32. The number of hydrogen-bond acceptors (Lipinski definition) is 6. The number of hydrogen-bond donors (Lipinski definition) is 0. The van der Waals surface area contributed by atoms with E-state index in [1.54, 1.807) is 6.20 Å². The molecule has 0 saturated carbocycles. The summed E-state index contributed by atoms with van der Waals surface area (Å²) in [6, 6.07) is 8.06. The average Bonchev–Trinajstić information content (AvgIpc) is 3.25. The average molecular weight is 321 g/mol. The van der Waals surface area contributed by atoms with Gasteiger partial charge in [0.25, 0.3) is 0 Å². The van der Waals surface area contributed by atoms with Crippen molar-refractivity contribution in [2.45, 2.75) is 32.4 Å². The third-order valence-electron chi connectivity index (χ3n) is 4.32. The Morgan fingerprint density at radius 3 is 2.79 bits per heavy atom. The molecule has 1 saturated heterocycles. The van der Waals surface area contributed by atoms with E-state index in [-0.39, 0.29) is 0 Å². The molecule has 0 aromatic carbocycles. The lowest BCUT2D eigenvalue weighted by Crippen LogP contribution is -2.22. The lowest BCUT2D eigenvalue weighted by atomic mass is 10.1. The number of aryl methyl sites for hydroxylation is 1. The fraction of sp³-hybridized carbons (Fsp3) is 0.333. The smallest absolute Gasteiger partial charge is 0.178 e. The van der Waals surface area contributed by atoms with Crippen LogP contribution in [0.25, 0.3) is 11.5 Å². The van der Waals surface area contributed by atoms with Crippen molar-refractivity contribution in [2.24, 2.45) is 0 Å². The fourth-order valence-corrected chi connectivity index (χ4v) is 3.18. The first-order valence-corrected chi connectivity index (χ1v) is 8.19. The highest BCUT2D eigenvalue weighted by molar-refractivity contribution is 5.47. The number of likely N-dealkylation sites (tertiary alicyclic amines) is 1. The Bertz CT molecular complexity index is 800. The summed E-state index contributed by atoms with van der Waals surface area (Å²) in [7, 11) is 0. The standard InChI is InChI=1S/C18H19N5O/c1-13-9-17(24-22-13)16-6-4-8-23(16)12-14-10-20-18(21-11-14)15-5-2-3-7-19-15/h2-3,5,7,9-11,16H,4,6,8,12H2,1H3/t16-/m0/s1. The van der Waals surface area contributed by atoms with Crippen LogP contribution in [0.4, 0.5) is 0 Å². The molecule has 4 rings (SSSR count). The molecule has 0 bridgehead atoms. The molecule has 6 nitrogen and oxygen atoms in total. The summed E-state index contributed by atoms with van der Waals surface area (Å²) in [4.78, 5) is 15.6. The molecule has 6 heteroatoms. The fourth-order valence-electron chi connectivity index (χ4n) is 3.18. The molecule has 4 heterocycles. The maximum atomic E-state index is 5.46. The third kappa shape index (κ3) is 3.05. The lowest BCUT2D eigenvalue weighted by Gasteiger charge is -2.21. The van der Waals surface area contributed by atoms with Crippen molar-refractivity contribution in [2.75, 3.05) is 6.54 Å². The van der Waals surface area contributed by atoms with Gasteiger partial charge >= 0.3 is 0 Å². The van der Waals surface area contributed by atoms with Gasteiger partial charge in [0, 0.05) is 36.8 Å². The Hall–Kier alpha value is -2.60. The van der Waals surface area contributed by atoms with Gasteiger partial charge in [-0.25, -0.2) is 9.97 Å². The summed E-state index contributed by atoms with van der Waals surface area (Å²) < 4.78 is 5.46. The van der Waals surface area contributed by atoms with Crippen molar-refractivity contribution in [3.63, 3.8) is 0 Å². The highest BCUT2D eigenvalue weighted by Gasteiger charge is 2.29. The van der Waals surface area contributed by atoms with Crippen LogP contribution in [0, 0.1) is 6.92 Å². The summed E-state index contributed by atoms with van der Waals surface area (Å²) in [5.41, 5.74) is 2.82. The quantitative estimate of drug-likeness (QED) is 0.735. The summed E-state index contributed by atoms with van der Waals surface area (Å²) in [6.07, 6.45) is 7.79. The predicted molar refractivity (Wildman–Crippen MR) is 88.9 cm³/mol. The van der Waals surface area contributed by atoms with Gasteiger partial charge in [0.2, 0.25) is 0 Å². The van der Waals surface area contributed by atoms with Crippen molar-refractivity contribution in [3.05, 3.63) is 59.9 Å². The second kappa shape index (κ2) is 6.49. The summed E-state index contributed by atoms with van der Waals surface area (Å²) in [5, 5.41) is 4.01. The molecule has 0 unspecified atom stereocenters. The van der Waals surface area contributed by atoms with Crippen LogP contribution >= 0.6 is 0 Å². The molecule has 1 aliphatic rings. The van der Waals surface area contributed by atoms with Gasteiger partial charge in [-0.3, -0.25) is 9.88 Å². The van der Waals surface area contributed by atoms with Crippen LogP contribution in [-0.4, -0.2) is 31.6 Å². The molecular formula is C18H19N5O. The van der Waals surface area contributed by atoms with Crippen molar-refractivity contribution >= 4 is 0 Å². The Kier molecular flexibility index (Phi) is 4.04. The van der Waals surface area contributed by atoms with E-state index in [4.69, 9.17) is 4.52 Å². The molecule has 3 aromatic rings. The van der Waals surface area contributed by atoms with Crippen molar-refractivity contribution in [1.82, 2.24) is 25.0 Å². The first-order chi connectivity index (χ1) is 11.8. The molecule has 1 atom stereocenters. The Balaban J connectivity index is 1.48. The molecule has 24 heavy (non-hydrogen) atoms. The topological polar surface area (TPSA) is 67.9 Å². The van der Waals surface area contributed by atoms with E-state index >= 15 is 0 Å². The van der Waals surface area contributed by atoms with E-state index in [0.29, 0.717) is 11.9 Å². The number of aromatic nitrogens is 4. The van der Waals surface area contributed by atoms with Crippen LogP contribution in [-0.2, 0) is 6.54 Å². The normalized spacial score (nSPS) is 18.1. The molecule has 0 spiro atoms. The van der Waals surface area contributed by atoms with Crippen LogP contribution in [0.3, 0.4) is 0 Å². The summed E-state index contributed by atoms with van der Waals surface area (Å²) >= 11 is 0. The second-order valence-electron chi connectivity index (χ2n) is 6.13. The largest absolute Gasteiger partial charge is 0.359 e. The van der Waals surface area contributed by atoms with E-state index in [1.807, 2.05) is 43.6 Å². The molecule has 0 aliphatic carbocycles. The van der Waals surface area contributed by atoms with Gasteiger partial charge in [0.15, 0.2) is 11.6 Å². The van der Waals surface area contributed by atoms with Gasteiger partial charge in [-0.1, -0.05) is 11.2 Å². The molecule has 122 valence electrons. The zero-order valence-corrected chi connectivity index (χ0v) is 13.6. The monoisotopic (exact) mass is 321 g/mol. The molecule has 0 radical (unpaired) electrons. The highest BCUT2D eigenvalue weighted by atomic mass is 16.5. The van der Waals surface area contributed by atoms with E-state index in [1.165, 1.54) is 0 Å². The first-order valence-electron chi connectivity index (χ1n) is 8.19. The lowest BCUT2D eigenvalue weighted by molar-refractivity contribution is 0.206. The van der Waals surface area contributed by atoms with Crippen LogP contribution < -0.4 is 0 Å². The van der Waals surface area contributed by atoms with Gasteiger partial charge in [-0.15, -0.1) is 0 Å². The second-order valence-corrected chi connectivity index (χ2v) is 6.13. The predicted octanol–water partition coefficient (Wildman–Crippen LogP) is 3.17. The van der Waals surface area contributed by atoms with Crippen LogP contribution in [0.5, 0.6) is 0 Å². The Labute approximate surface area is 140 Å². The minimum Gasteiger partial charge on any atom is -0.359 e. The highest BCUT2D eigenvalue weighted by Crippen LogP contribution is 2.33. The minimum absolute atomic E-state index is 0.293. The van der Waals surface area contributed by atoms with E-state index in [0.717, 1.165) is 48.6 Å². The maximum absolute atomic E-state index is 5.46. The SMILES string of the molecule is Cc1cc([C@@H]2CCCN2Cc2cnc(-c3ccccn3)nc2)on1. The van der Waals surface area contributed by atoms with Gasteiger partial charge in [0.1, 0.15) is 5.69 Å². The van der Waals surface area contributed by atoms with E-state index < -0.39 is 0 Å². The molecule has 3 aromatic heterocycles. The van der Waals surface area contributed by atoms with Crippen molar-refractivity contribution in [3.8, 4) is 11.5 Å². The summed E-state index contributed by atoms with van der Waals surface area (Å²) in [5.74, 6) is 1.61. The van der Waals surface area contributed by atoms with Gasteiger partial charge in [0.05, 0.1) is 11.7 Å². The van der Waals surface area contributed by atoms with E-state index in [2.05, 4.69) is 25.0 Å². The van der Waals surface area contributed by atoms with Crippen molar-refractivity contribution < 1.29 is 4.52 Å². The van der Waals surface area contributed by atoms with Crippen LogP contribution in [0.2, 0.25) is 0 Å². The molecule has 0 amide bonds. The zero-order valence-electron chi connectivity index (χ0n) is 13.6. The minimum atomic E-state index is 0.293. The van der Waals surface area contributed by atoms with Crippen molar-refractivity contribution in [1.29, 1.82) is 0 Å². The first kappa shape index (κ1) is 15.0. The molecular weight excluding hydrogens is 302 g/mol. The Morgan fingerprint density at radius 1 is 1.21 bits per heavy atom. The molecule has 1 aliphatic heterocycles. The van der Waals surface area contributed by atoms with Gasteiger partial charge < -0.3 is 4.52 Å². The maximum Gasteiger partial charge on any atom is 0.178 e. The summed E-state index contributed by atoms with van der Waals surface area (Å²) in [6.45, 7) is 3.82. The van der Waals surface area contributed by atoms with Crippen LogP contribution in [0.15, 0.2) is 47.4 Å². The molecule has 1 fully saturated rings. The van der Waals surface area contributed by atoms with Gasteiger partial charge in [-0.2, -0.15) is 0 Å². The number of rotatable bonds is 4. The zero-order chi connectivity index (χ0) is 16.4. The van der Waals surface area contributed by atoms with Gasteiger partial charge in [-0.05, 0) is 38.4 Å².